The van der Waals surface area contributed by atoms with Crippen molar-refractivity contribution in [3.8, 4) is 11.8 Å². The van der Waals surface area contributed by atoms with Crippen LogP contribution in [0, 0.1) is 11.3 Å². The molecule has 1 heterocycles. The zero-order chi connectivity index (χ0) is 24.1. The van der Waals surface area contributed by atoms with Crippen molar-refractivity contribution < 1.29 is 9.53 Å². The van der Waals surface area contributed by atoms with Crippen LogP contribution in [-0.4, -0.2) is 15.0 Å². The van der Waals surface area contributed by atoms with Gasteiger partial charge in [0.25, 0.3) is 5.56 Å². The molecular weight excluding hydrogens is 432 g/mol. The second-order valence-electron chi connectivity index (χ2n) is 7.61. The second-order valence-corrected chi connectivity index (χ2v) is 7.61. The Morgan fingerprint density at radius 3 is 2.59 bits per heavy atom. The van der Waals surface area contributed by atoms with Gasteiger partial charge < -0.3 is 10.1 Å². The van der Waals surface area contributed by atoms with Crippen molar-refractivity contribution in [2.75, 3.05) is 5.32 Å². The van der Waals surface area contributed by atoms with E-state index in [1.54, 1.807) is 73.7 Å². The van der Waals surface area contributed by atoms with Crippen LogP contribution in [0.15, 0.2) is 82.4 Å². The monoisotopic (exact) mass is 454 g/mol. The lowest BCUT2D eigenvalue weighted by atomic mass is 10.1. The Hall–Kier alpha value is -4.64. The molecule has 34 heavy (non-hydrogen) atoms. The maximum Gasteiger partial charge on any atom is 0.331 e. The van der Waals surface area contributed by atoms with E-state index in [0.717, 1.165) is 10.1 Å². The number of para-hydroxylation sites is 1. The molecule has 0 unspecified atom stereocenters. The molecule has 0 fully saturated rings. The van der Waals surface area contributed by atoms with Crippen molar-refractivity contribution in [1.82, 2.24) is 9.13 Å². The number of fused-ring (bicyclic) bond motifs is 1. The summed E-state index contributed by atoms with van der Waals surface area (Å²) in [5.74, 6) is 0.134. The summed E-state index contributed by atoms with van der Waals surface area (Å²) in [6, 6.07) is 22.9. The van der Waals surface area contributed by atoms with Crippen LogP contribution in [0.2, 0.25) is 0 Å². The summed E-state index contributed by atoms with van der Waals surface area (Å²) in [4.78, 5) is 38.2. The highest BCUT2D eigenvalue weighted by Crippen LogP contribution is 2.19. The molecule has 8 nitrogen and oxygen atoms in total. The predicted octanol–water partition coefficient (Wildman–Crippen LogP) is 3.27. The van der Waals surface area contributed by atoms with Crippen LogP contribution in [0.25, 0.3) is 10.9 Å². The normalized spacial score (nSPS) is 10.6. The molecule has 0 bridgehead atoms. The summed E-state index contributed by atoms with van der Waals surface area (Å²) < 4.78 is 8.22. The number of nitriles is 1. The summed E-state index contributed by atoms with van der Waals surface area (Å²) >= 11 is 0. The Labute approximate surface area is 195 Å². The molecule has 0 aliphatic carbocycles. The molecule has 0 radical (unpaired) electrons. The highest BCUT2D eigenvalue weighted by Gasteiger charge is 2.14. The molecule has 8 heteroatoms. The van der Waals surface area contributed by atoms with E-state index in [4.69, 9.17) is 10.00 Å². The number of nitrogens with zero attached hydrogens (tertiary/aromatic N) is 3. The number of amides is 1. The molecule has 1 amide bonds. The Morgan fingerprint density at radius 2 is 1.79 bits per heavy atom. The molecule has 0 aliphatic rings. The van der Waals surface area contributed by atoms with Crippen molar-refractivity contribution in [3.63, 3.8) is 0 Å². The van der Waals surface area contributed by atoms with E-state index >= 15 is 0 Å². The molecule has 0 saturated carbocycles. The van der Waals surface area contributed by atoms with E-state index in [1.807, 2.05) is 6.07 Å². The Balaban J connectivity index is 1.51. The van der Waals surface area contributed by atoms with E-state index < -0.39 is 11.6 Å². The van der Waals surface area contributed by atoms with Crippen molar-refractivity contribution in [2.24, 2.45) is 0 Å². The highest BCUT2D eigenvalue weighted by molar-refractivity contribution is 5.91. The minimum atomic E-state index is -0.530. The maximum atomic E-state index is 12.8. The van der Waals surface area contributed by atoms with Crippen LogP contribution >= 0.6 is 0 Å². The van der Waals surface area contributed by atoms with Crippen LogP contribution in [0.3, 0.4) is 0 Å². The number of carbonyl (C=O) groups excluding carboxylic acids is 1. The topological polar surface area (TPSA) is 106 Å². The quantitative estimate of drug-likeness (QED) is 0.461. The standard InChI is InChI=1S/C26H22N4O4/c1-2-29-25(32)22-11-3-4-12-23(22)30(26(29)33)16-24(31)28-20-9-6-10-21(14-20)34-17-19-8-5-7-18(13-19)15-27/h3-14H,2,16-17H2,1H3,(H,28,31). The van der Waals surface area contributed by atoms with Gasteiger partial charge in [0.15, 0.2) is 0 Å². The minimum Gasteiger partial charge on any atom is -0.489 e. The van der Waals surface area contributed by atoms with Crippen molar-refractivity contribution in [2.45, 2.75) is 26.6 Å². The summed E-state index contributed by atoms with van der Waals surface area (Å²) in [7, 11) is 0. The predicted molar refractivity (Wildman–Crippen MR) is 129 cm³/mol. The number of hydrogen-bond acceptors (Lipinski definition) is 5. The Bertz CT molecular complexity index is 1530. The SMILES string of the molecule is CCn1c(=O)c2ccccc2n(CC(=O)Nc2cccc(OCc3cccc(C#N)c3)c2)c1=O. The van der Waals surface area contributed by atoms with E-state index in [0.29, 0.717) is 27.9 Å². The Morgan fingerprint density at radius 1 is 1.00 bits per heavy atom. The number of ether oxygens (including phenoxy) is 1. The van der Waals surface area contributed by atoms with Gasteiger partial charge in [0.2, 0.25) is 5.91 Å². The van der Waals surface area contributed by atoms with Crippen LogP contribution in [0.1, 0.15) is 18.1 Å². The first-order chi connectivity index (χ1) is 16.5. The van der Waals surface area contributed by atoms with Gasteiger partial charge in [-0.15, -0.1) is 0 Å². The molecule has 0 aliphatic heterocycles. The molecule has 3 aromatic carbocycles. The molecule has 1 aromatic heterocycles. The number of carbonyl (C=O) groups is 1. The average Bonchev–Trinajstić information content (AvgIpc) is 2.86. The van der Waals surface area contributed by atoms with Gasteiger partial charge in [-0.05, 0) is 48.9 Å². The number of rotatable bonds is 7. The van der Waals surface area contributed by atoms with Crippen LogP contribution in [0.4, 0.5) is 5.69 Å². The fourth-order valence-electron chi connectivity index (χ4n) is 3.71. The van der Waals surface area contributed by atoms with Gasteiger partial charge in [-0.25, -0.2) is 4.79 Å². The average molecular weight is 454 g/mol. The van der Waals surface area contributed by atoms with E-state index in [9.17, 15) is 14.4 Å². The van der Waals surface area contributed by atoms with Crippen LogP contribution in [-0.2, 0) is 24.5 Å². The van der Waals surface area contributed by atoms with Gasteiger partial charge in [0.1, 0.15) is 18.9 Å². The van der Waals surface area contributed by atoms with Crippen LogP contribution in [0.5, 0.6) is 5.75 Å². The van der Waals surface area contributed by atoms with Gasteiger partial charge >= 0.3 is 5.69 Å². The first kappa shape index (κ1) is 22.6. The van der Waals surface area contributed by atoms with Gasteiger partial charge in [-0.3, -0.25) is 18.7 Å². The highest BCUT2D eigenvalue weighted by atomic mass is 16.5. The number of hydrogen-bond donors (Lipinski definition) is 1. The molecule has 0 saturated heterocycles. The third-order valence-corrected chi connectivity index (χ3v) is 5.33. The molecule has 4 rings (SSSR count). The molecule has 1 N–H and O–H groups in total. The Kier molecular flexibility index (Phi) is 6.55. The minimum absolute atomic E-state index is 0.209. The van der Waals surface area contributed by atoms with Gasteiger partial charge in [0.05, 0.1) is 22.5 Å². The molecular formula is C26H22N4O4. The lowest BCUT2D eigenvalue weighted by Crippen LogP contribution is -2.41. The maximum absolute atomic E-state index is 12.8. The van der Waals surface area contributed by atoms with Gasteiger partial charge in [0, 0.05) is 18.3 Å². The van der Waals surface area contributed by atoms with Crippen LogP contribution < -0.4 is 21.3 Å². The lowest BCUT2D eigenvalue weighted by molar-refractivity contribution is -0.116. The second kappa shape index (κ2) is 9.88. The largest absolute Gasteiger partial charge is 0.489 e. The summed E-state index contributed by atoms with van der Waals surface area (Å²) in [5.41, 5.74) is 1.43. The van der Waals surface area contributed by atoms with E-state index in [2.05, 4.69) is 11.4 Å². The molecule has 0 spiro atoms. The van der Waals surface area contributed by atoms with Crippen molar-refractivity contribution in [1.29, 1.82) is 5.26 Å². The van der Waals surface area contributed by atoms with Crippen molar-refractivity contribution in [3.05, 3.63) is 105 Å². The van der Waals surface area contributed by atoms with Gasteiger partial charge in [-0.2, -0.15) is 5.26 Å². The summed E-state index contributed by atoms with van der Waals surface area (Å²) in [6.07, 6.45) is 0. The third kappa shape index (κ3) is 4.74. The smallest absolute Gasteiger partial charge is 0.331 e. The lowest BCUT2D eigenvalue weighted by Gasteiger charge is -2.14. The zero-order valence-electron chi connectivity index (χ0n) is 18.5. The number of aromatic nitrogens is 2. The fourth-order valence-corrected chi connectivity index (χ4v) is 3.71. The molecule has 4 aromatic rings. The van der Waals surface area contributed by atoms with Crippen molar-refractivity contribution >= 4 is 22.5 Å². The first-order valence-corrected chi connectivity index (χ1v) is 10.7. The molecule has 170 valence electrons. The number of nitrogens with one attached hydrogen (secondary N) is 1. The van der Waals surface area contributed by atoms with E-state index in [-0.39, 0.29) is 25.3 Å². The third-order valence-electron chi connectivity index (χ3n) is 5.33. The number of benzene rings is 3. The fraction of sp³-hybridized carbons (Fsp3) is 0.154. The van der Waals surface area contributed by atoms with E-state index in [1.165, 1.54) is 4.57 Å². The zero-order valence-corrected chi connectivity index (χ0v) is 18.5. The first-order valence-electron chi connectivity index (χ1n) is 10.7. The summed E-state index contributed by atoms with van der Waals surface area (Å²) in [6.45, 7) is 1.95. The number of anilines is 1. The van der Waals surface area contributed by atoms with Gasteiger partial charge in [-0.1, -0.05) is 30.3 Å². The summed E-state index contributed by atoms with van der Waals surface area (Å²) in [5, 5.41) is 12.2. The molecule has 0 atom stereocenters.